The van der Waals surface area contributed by atoms with Crippen molar-refractivity contribution in [3.05, 3.63) is 63.9 Å². The minimum absolute atomic E-state index is 0.0497. The van der Waals surface area contributed by atoms with E-state index in [9.17, 15) is 31.9 Å². The van der Waals surface area contributed by atoms with Gasteiger partial charge in [0.05, 0.1) is 21.7 Å². The fraction of sp³-hybridized carbons (Fsp3) is 0.400. The van der Waals surface area contributed by atoms with Crippen molar-refractivity contribution in [2.45, 2.75) is 31.4 Å². The Kier molecular flexibility index (Phi) is 8.18. The molecule has 1 saturated heterocycles. The quantitative estimate of drug-likeness (QED) is 0.428. The lowest BCUT2D eigenvalue weighted by Gasteiger charge is -2.50. The molecule has 0 aliphatic carbocycles. The highest BCUT2D eigenvalue weighted by Gasteiger charge is 2.55. The summed E-state index contributed by atoms with van der Waals surface area (Å²) < 4.78 is 54.1. The van der Waals surface area contributed by atoms with Gasteiger partial charge in [-0.25, -0.2) is 4.39 Å². The van der Waals surface area contributed by atoms with E-state index in [4.69, 9.17) is 16.7 Å². The third-order valence-corrected chi connectivity index (χ3v) is 6.72. The van der Waals surface area contributed by atoms with Crippen LogP contribution in [0.15, 0.2) is 36.4 Å². The van der Waals surface area contributed by atoms with Crippen LogP contribution in [0.3, 0.4) is 0 Å². The number of aliphatic carboxylic acids is 1. The predicted molar refractivity (Wildman–Crippen MR) is 129 cm³/mol. The number of carbonyl (C=O) groups is 3. The van der Waals surface area contributed by atoms with Crippen LogP contribution in [0.1, 0.15) is 41.3 Å². The van der Waals surface area contributed by atoms with Gasteiger partial charge in [-0.3, -0.25) is 19.3 Å². The number of carbonyl (C=O) groups excluding carboxylic acids is 2. The topological polar surface area (TPSA) is 98.7 Å². The van der Waals surface area contributed by atoms with Crippen molar-refractivity contribution >= 4 is 35.1 Å². The van der Waals surface area contributed by atoms with Gasteiger partial charge >= 0.3 is 12.1 Å². The molecule has 2 aromatic rings. The number of carboxylic acid groups (broad SMARTS) is 1. The van der Waals surface area contributed by atoms with Crippen LogP contribution in [0.4, 0.5) is 23.2 Å². The first-order valence-electron chi connectivity index (χ1n) is 11.3. The second kappa shape index (κ2) is 10.7. The summed E-state index contributed by atoms with van der Waals surface area (Å²) in [7, 11) is 1.34. The highest BCUT2D eigenvalue weighted by molar-refractivity contribution is 6.31. The fourth-order valence-corrected chi connectivity index (χ4v) is 4.68. The minimum atomic E-state index is -4.97. The Hall–Kier alpha value is -3.18. The second-order valence-electron chi connectivity index (χ2n) is 9.27. The smallest absolute Gasteiger partial charge is 0.403 e. The Bertz CT molecular complexity index is 1210. The molecule has 200 valence electrons. The first-order valence-corrected chi connectivity index (χ1v) is 11.7. The summed E-state index contributed by atoms with van der Waals surface area (Å²) in [6.07, 6.45) is -4.97. The third kappa shape index (κ3) is 5.72. The van der Waals surface area contributed by atoms with E-state index in [2.05, 4.69) is 10.6 Å². The number of benzene rings is 2. The maximum atomic E-state index is 14.3. The minimum Gasteiger partial charge on any atom is -0.481 e. The van der Waals surface area contributed by atoms with Gasteiger partial charge in [0.2, 0.25) is 5.91 Å². The normalized spacial score (nSPS) is 16.1. The maximum absolute atomic E-state index is 14.3. The fourth-order valence-electron chi connectivity index (χ4n) is 4.51. The Balaban J connectivity index is 2.02. The number of likely N-dealkylation sites (tertiary alicyclic amines) is 1. The largest absolute Gasteiger partial charge is 0.481 e. The summed E-state index contributed by atoms with van der Waals surface area (Å²) in [5.74, 6) is -6.89. The van der Waals surface area contributed by atoms with Crippen LogP contribution >= 0.6 is 11.6 Å². The molecule has 0 aromatic heterocycles. The number of amides is 2. The summed E-state index contributed by atoms with van der Waals surface area (Å²) in [5.41, 5.74) is -0.324. The van der Waals surface area contributed by atoms with E-state index < -0.39 is 47.7 Å². The third-order valence-electron chi connectivity index (χ3n) is 6.43. The molecular formula is C25H26ClF4N3O4. The number of anilines is 1. The number of hydrogen-bond donors (Lipinski definition) is 3. The molecule has 1 aliphatic heterocycles. The van der Waals surface area contributed by atoms with E-state index >= 15 is 0 Å². The van der Waals surface area contributed by atoms with Gasteiger partial charge in [-0.1, -0.05) is 49.7 Å². The lowest BCUT2D eigenvalue weighted by atomic mass is 9.69. The van der Waals surface area contributed by atoms with Crippen LogP contribution < -0.4 is 10.6 Å². The van der Waals surface area contributed by atoms with E-state index in [1.54, 1.807) is 24.3 Å². The lowest BCUT2D eigenvalue weighted by molar-refractivity contribution is -0.199. The summed E-state index contributed by atoms with van der Waals surface area (Å²) in [4.78, 5) is 38.6. The van der Waals surface area contributed by atoms with Gasteiger partial charge < -0.3 is 15.7 Å². The maximum Gasteiger partial charge on any atom is 0.403 e. The van der Waals surface area contributed by atoms with Crippen molar-refractivity contribution in [2.24, 2.45) is 5.92 Å². The zero-order valence-electron chi connectivity index (χ0n) is 20.2. The highest BCUT2D eigenvalue weighted by atomic mass is 35.5. The molecule has 3 N–H and O–H groups in total. The van der Waals surface area contributed by atoms with Crippen molar-refractivity contribution in [3.8, 4) is 0 Å². The number of nitrogens with zero attached hydrogens (tertiary/aromatic N) is 1. The van der Waals surface area contributed by atoms with Crippen LogP contribution in [-0.2, 0) is 15.0 Å². The average molecular weight is 544 g/mol. The molecule has 1 fully saturated rings. The van der Waals surface area contributed by atoms with Crippen LogP contribution in [0.2, 0.25) is 5.02 Å². The summed E-state index contributed by atoms with van der Waals surface area (Å²) in [6.45, 7) is 2.52. The molecule has 1 atom stereocenters. The van der Waals surface area contributed by atoms with E-state index in [1.165, 1.54) is 11.9 Å². The zero-order valence-corrected chi connectivity index (χ0v) is 21.0. The van der Waals surface area contributed by atoms with E-state index in [1.807, 2.05) is 13.8 Å². The number of rotatable bonds is 8. The van der Waals surface area contributed by atoms with Crippen LogP contribution in [-0.4, -0.2) is 60.6 Å². The van der Waals surface area contributed by atoms with Crippen molar-refractivity contribution in [2.75, 3.05) is 32.0 Å². The number of nitrogens with one attached hydrogen (secondary N) is 2. The van der Waals surface area contributed by atoms with Gasteiger partial charge in [0.15, 0.2) is 5.92 Å². The van der Waals surface area contributed by atoms with Crippen LogP contribution in [0, 0.1) is 11.7 Å². The Morgan fingerprint density at radius 1 is 1.16 bits per heavy atom. The van der Waals surface area contributed by atoms with E-state index in [0.717, 1.165) is 17.7 Å². The Labute approximate surface area is 215 Å². The van der Waals surface area contributed by atoms with Gasteiger partial charge in [-0.15, -0.1) is 0 Å². The molecule has 0 radical (unpaired) electrons. The van der Waals surface area contributed by atoms with E-state index in [-0.39, 0.29) is 35.3 Å². The standard InChI is InChI=1S/C25H26ClF4N3O4/c1-13(2)14-6-4-5-7-16(14)24(11-33(12-24)10-17(22(35)36)25(28,29)30)23(37)32-20-9-19(27)18(26)8-15(20)21(34)31-3/h4-9,13,17H,10-12H2,1-3H3,(H,31,34)(H,32,37)(H,35,36). The molecular weight excluding hydrogens is 518 g/mol. The molecule has 3 rings (SSSR count). The molecule has 1 aliphatic rings. The van der Waals surface area contributed by atoms with E-state index in [0.29, 0.717) is 5.56 Å². The van der Waals surface area contributed by atoms with Crippen LogP contribution in [0.25, 0.3) is 0 Å². The van der Waals surface area contributed by atoms with Crippen LogP contribution in [0.5, 0.6) is 0 Å². The van der Waals surface area contributed by atoms with Crippen molar-refractivity contribution in [3.63, 3.8) is 0 Å². The zero-order chi connectivity index (χ0) is 27.7. The Morgan fingerprint density at radius 3 is 2.32 bits per heavy atom. The molecule has 0 spiro atoms. The molecule has 1 heterocycles. The number of halogens is 5. The monoisotopic (exact) mass is 543 g/mol. The molecule has 12 heteroatoms. The summed E-state index contributed by atoms with van der Waals surface area (Å²) in [5, 5.41) is 13.7. The molecule has 2 aromatic carbocycles. The molecule has 0 saturated carbocycles. The molecule has 2 amide bonds. The first kappa shape index (κ1) is 28.4. The van der Waals surface area contributed by atoms with Crippen molar-refractivity contribution in [1.82, 2.24) is 10.2 Å². The highest BCUT2D eigenvalue weighted by Crippen LogP contribution is 2.41. The van der Waals surface area contributed by atoms with Crippen molar-refractivity contribution in [1.29, 1.82) is 0 Å². The van der Waals surface area contributed by atoms with Gasteiger partial charge in [-0.2, -0.15) is 13.2 Å². The SMILES string of the molecule is CNC(=O)c1cc(Cl)c(F)cc1NC(=O)C1(c2ccccc2C(C)C)CN(CC(C(=O)O)C(F)(F)F)C1. The van der Waals surface area contributed by atoms with Gasteiger partial charge in [0.1, 0.15) is 5.82 Å². The first-order chi connectivity index (χ1) is 17.2. The average Bonchev–Trinajstić information content (AvgIpc) is 2.79. The van der Waals surface area contributed by atoms with Crippen molar-refractivity contribution < 1.29 is 37.1 Å². The van der Waals surface area contributed by atoms with Gasteiger partial charge in [-0.05, 0) is 29.2 Å². The van der Waals surface area contributed by atoms with Gasteiger partial charge in [0.25, 0.3) is 5.91 Å². The number of carboxylic acids is 1. The molecule has 1 unspecified atom stereocenters. The summed E-state index contributed by atoms with van der Waals surface area (Å²) in [6, 6.07) is 8.90. The molecule has 7 nitrogen and oxygen atoms in total. The summed E-state index contributed by atoms with van der Waals surface area (Å²) >= 11 is 5.82. The Morgan fingerprint density at radius 2 is 1.78 bits per heavy atom. The molecule has 0 bridgehead atoms. The number of alkyl halides is 3. The predicted octanol–water partition coefficient (Wildman–Crippen LogP) is 4.42. The number of hydrogen-bond acceptors (Lipinski definition) is 4. The molecule has 37 heavy (non-hydrogen) atoms. The second-order valence-corrected chi connectivity index (χ2v) is 9.68. The lowest BCUT2D eigenvalue weighted by Crippen LogP contribution is -2.66. The van der Waals surface area contributed by atoms with Gasteiger partial charge in [0, 0.05) is 26.7 Å².